The number of carbonyl (C=O) groups excluding carboxylic acids is 1. The predicted octanol–water partition coefficient (Wildman–Crippen LogP) is 2.08. The van der Waals surface area contributed by atoms with E-state index in [2.05, 4.69) is 9.88 Å². The Morgan fingerprint density at radius 1 is 0.967 bits per heavy atom. The first kappa shape index (κ1) is 20.4. The summed E-state index contributed by atoms with van der Waals surface area (Å²) in [7, 11) is 0. The first-order valence-corrected chi connectivity index (χ1v) is 10.4. The van der Waals surface area contributed by atoms with Gasteiger partial charge in [0, 0.05) is 50.7 Å². The number of aromatic amines is 1. The maximum absolute atomic E-state index is 12.7. The number of aryl methyl sites for hydroxylation is 1. The van der Waals surface area contributed by atoms with E-state index in [0.29, 0.717) is 24.0 Å². The summed E-state index contributed by atoms with van der Waals surface area (Å²) in [5.74, 6) is 0.0170. The maximum Gasteiger partial charge on any atom is 0.328 e. The number of carbonyl (C=O) groups is 1. The van der Waals surface area contributed by atoms with Crippen LogP contribution in [0.5, 0.6) is 0 Å². The van der Waals surface area contributed by atoms with Gasteiger partial charge >= 0.3 is 5.69 Å². The minimum absolute atomic E-state index is 0.0170. The van der Waals surface area contributed by atoms with Gasteiger partial charge in [-0.3, -0.25) is 24.0 Å². The number of para-hydroxylation sites is 1. The van der Waals surface area contributed by atoms with Crippen LogP contribution in [0.4, 0.5) is 0 Å². The number of fused-ring (bicyclic) bond motifs is 1. The number of H-pyrrole nitrogens is 1. The zero-order valence-electron chi connectivity index (χ0n) is 16.5. The third-order valence-corrected chi connectivity index (χ3v) is 5.75. The minimum Gasteiger partial charge on any atom is -0.340 e. The number of nitrogens with one attached hydrogen (secondary N) is 1. The van der Waals surface area contributed by atoms with E-state index in [4.69, 9.17) is 11.6 Å². The van der Waals surface area contributed by atoms with Crippen LogP contribution in [0.25, 0.3) is 10.9 Å². The van der Waals surface area contributed by atoms with Crippen LogP contribution < -0.4 is 11.2 Å². The van der Waals surface area contributed by atoms with Crippen molar-refractivity contribution in [2.45, 2.75) is 19.5 Å². The Hall–Kier alpha value is -2.90. The highest BCUT2D eigenvalue weighted by Gasteiger charge is 2.21. The molecule has 0 spiro atoms. The lowest BCUT2D eigenvalue weighted by Gasteiger charge is -2.35. The van der Waals surface area contributed by atoms with Crippen LogP contribution in [0.1, 0.15) is 12.0 Å². The molecule has 0 atom stereocenters. The van der Waals surface area contributed by atoms with E-state index < -0.39 is 11.2 Å². The fourth-order valence-corrected chi connectivity index (χ4v) is 3.96. The summed E-state index contributed by atoms with van der Waals surface area (Å²) in [5, 5.41) is 1.17. The van der Waals surface area contributed by atoms with Gasteiger partial charge in [0.25, 0.3) is 5.56 Å². The smallest absolute Gasteiger partial charge is 0.328 e. The van der Waals surface area contributed by atoms with Gasteiger partial charge in [-0.15, -0.1) is 0 Å². The zero-order chi connectivity index (χ0) is 21.1. The van der Waals surface area contributed by atoms with Crippen molar-refractivity contribution < 1.29 is 4.79 Å². The van der Waals surface area contributed by atoms with Gasteiger partial charge in [0.05, 0.1) is 10.9 Å². The molecule has 0 bridgehead atoms. The monoisotopic (exact) mass is 426 g/mol. The van der Waals surface area contributed by atoms with Crippen molar-refractivity contribution in [3.8, 4) is 0 Å². The van der Waals surface area contributed by atoms with Crippen LogP contribution >= 0.6 is 11.6 Å². The lowest BCUT2D eigenvalue weighted by molar-refractivity contribution is -0.133. The van der Waals surface area contributed by atoms with Gasteiger partial charge in [0.15, 0.2) is 0 Å². The molecule has 1 aliphatic heterocycles. The van der Waals surface area contributed by atoms with Gasteiger partial charge in [-0.05, 0) is 29.8 Å². The molecule has 0 aliphatic carbocycles. The van der Waals surface area contributed by atoms with E-state index in [9.17, 15) is 14.4 Å². The van der Waals surface area contributed by atoms with E-state index >= 15 is 0 Å². The fraction of sp³-hybridized carbons (Fsp3) is 0.318. The first-order chi connectivity index (χ1) is 14.5. The van der Waals surface area contributed by atoms with Crippen LogP contribution in [0, 0.1) is 0 Å². The fourth-order valence-electron chi connectivity index (χ4n) is 3.83. The van der Waals surface area contributed by atoms with Crippen molar-refractivity contribution >= 4 is 28.4 Å². The molecule has 1 N–H and O–H groups in total. The third kappa shape index (κ3) is 4.47. The summed E-state index contributed by atoms with van der Waals surface area (Å²) < 4.78 is 1.46. The number of aromatic nitrogens is 2. The molecule has 3 aromatic rings. The van der Waals surface area contributed by atoms with Gasteiger partial charge in [-0.25, -0.2) is 4.79 Å². The SMILES string of the molecule is O=C(CCn1c(=O)[nH]c(=O)c2ccccc21)N1CCN(Cc2ccc(Cl)cc2)CC1. The number of piperazine rings is 1. The summed E-state index contributed by atoms with van der Waals surface area (Å²) in [6, 6.07) is 14.7. The van der Waals surface area contributed by atoms with E-state index in [1.54, 1.807) is 24.3 Å². The normalized spacial score (nSPS) is 14.9. The molecule has 2 aromatic carbocycles. The predicted molar refractivity (Wildman–Crippen MR) is 117 cm³/mol. The number of hydrogen-bond acceptors (Lipinski definition) is 4. The molecular formula is C22H23ClN4O3. The van der Waals surface area contributed by atoms with Gasteiger partial charge < -0.3 is 4.90 Å². The molecule has 30 heavy (non-hydrogen) atoms. The third-order valence-electron chi connectivity index (χ3n) is 5.50. The first-order valence-electron chi connectivity index (χ1n) is 9.98. The summed E-state index contributed by atoms with van der Waals surface area (Å²) in [6.45, 7) is 3.99. The highest BCUT2D eigenvalue weighted by molar-refractivity contribution is 6.30. The summed E-state index contributed by atoms with van der Waals surface area (Å²) >= 11 is 5.94. The largest absolute Gasteiger partial charge is 0.340 e. The molecule has 156 valence electrons. The van der Waals surface area contributed by atoms with Gasteiger partial charge in [0.2, 0.25) is 5.91 Å². The van der Waals surface area contributed by atoms with E-state index in [0.717, 1.165) is 24.7 Å². The molecule has 1 fully saturated rings. The van der Waals surface area contributed by atoms with Crippen LogP contribution in [-0.2, 0) is 17.9 Å². The van der Waals surface area contributed by atoms with Crippen molar-refractivity contribution in [3.05, 3.63) is 80.0 Å². The molecule has 1 aliphatic rings. The summed E-state index contributed by atoms with van der Waals surface area (Å²) in [4.78, 5) is 43.4. The number of halogens is 1. The topological polar surface area (TPSA) is 78.4 Å². The molecule has 2 heterocycles. The van der Waals surface area contributed by atoms with E-state index in [-0.39, 0.29) is 18.9 Å². The average molecular weight is 427 g/mol. The van der Waals surface area contributed by atoms with Crippen molar-refractivity contribution in [2.24, 2.45) is 0 Å². The Balaban J connectivity index is 1.35. The molecule has 7 nitrogen and oxygen atoms in total. The zero-order valence-corrected chi connectivity index (χ0v) is 17.3. The van der Waals surface area contributed by atoms with E-state index in [1.165, 1.54) is 10.1 Å². The Kier molecular flexibility index (Phi) is 6.01. The molecule has 1 amide bonds. The quantitative estimate of drug-likeness (QED) is 0.677. The molecule has 8 heteroatoms. The minimum atomic E-state index is -0.487. The number of rotatable bonds is 5. The van der Waals surface area contributed by atoms with Gasteiger partial charge in [0.1, 0.15) is 0 Å². The second kappa shape index (κ2) is 8.85. The molecule has 0 unspecified atom stereocenters. The number of nitrogens with zero attached hydrogens (tertiary/aromatic N) is 3. The molecule has 0 radical (unpaired) electrons. The van der Waals surface area contributed by atoms with Crippen LogP contribution in [0.15, 0.2) is 58.1 Å². The highest BCUT2D eigenvalue weighted by atomic mass is 35.5. The highest BCUT2D eigenvalue weighted by Crippen LogP contribution is 2.14. The lowest BCUT2D eigenvalue weighted by atomic mass is 10.2. The van der Waals surface area contributed by atoms with Crippen molar-refractivity contribution in [1.29, 1.82) is 0 Å². The lowest BCUT2D eigenvalue weighted by Crippen LogP contribution is -2.48. The Labute approximate surface area is 178 Å². The second-order valence-electron chi connectivity index (χ2n) is 7.46. The molecule has 1 saturated heterocycles. The summed E-state index contributed by atoms with van der Waals surface area (Å²) in [6.07, 6.45) is 0.215. The summed E-state index contributed by atoms with van der Waals surface area (Å²) in [5.41, 5.74) is 0.851. The Morgan fingerprint density at radius 2 is 1.67 bits per heavy atom. The van der Waals surface area contributed by atoms with Crippen LogP contribution in [0.2, 0.25) is 5.02 Å². The molecule has 1 aromatic heterocycles. The molecular weight excluding hydrogens is 404 g/mol. The van der Waals surface area contributed by atoms with Gasteiger partial charge in [-0.1, -0.05) is 35.9 Å². The second-order valence-corrected chi connectivity index (χ2v) is 7.90. The Morgan fingerprint density at radius 3 is 2.40 bits per heavy atom. The molecule has 4 rings (SSSR count). The number of amides is 1. The maximum atomic E-state index is 12.7. The standard InChI is InChI=1S/C22H23ClN4O3/c23-17-7-5-16(6-8-17)15-25-11-13-26(14-12-25)20(28)9-10-27-19-4-2-1-3-18(19)21(29)24-22(27)30/h1-8H,9-15H2,(H,24,29,30). The van der Waals surface area contributed by atoms with E-state index in [1.807, 2.05) is 29.2 Å². The molecule has 0 saturated carbocycles. The van der Waals surface area contributed by atoms with Crippen LogP contribution in [0.3, 0.4) is 0 Å². The van der Waals surface area contributed by atoms with Crippen LogP contribution in [-0.4, -0.2) is 51.4 Å². The van der Waals surface area contributed by atoms with Crippen molar-refractivity contribution in [1.82, 2.24) is 19.4 Å². The Bertz CT molecular complexity index is 1160. The number of benzene rings is 2. The van der Waals surface area contributed by atoms with Gasteiger partial charge in [-0.2, -0.15) is 0 Å². The number of hydrogen-bond donors (Lipinski definition) is 1. The average Bonchev–Trinajstić information content (AvgIpc) is 2.75. The van der Waals surface area contributed by atoms with Crippen molar-refractivity contribution in [3.63, 3.8) is 0 Å². The van der Waals surface area contributed by atoms with Crippen molar-refractivity contribution in [2.75, 3.05) is 26.2 Å².